The van der Waals surface area contributed by atoms with Crippen molar-refractivity contribution in [3.8, 4) is 10.6 Å². The summed E-state index contributed by atoms with van der Waals surface area (Å²) in [6.07, 6.45) is 0. The van der Waals surface area contributed by atoms with Crippen LogP contribution in [0.4, 0.5) is 5.69 Å². The highest BCUT2D eigenvalue weighted by Gasteiger charge is 2.13. The number of nitrogens with one attached hydrogen (secondary N) is 3. The number of benzene rings is 1. The van der Waals surface area contributed by atoms with Crippen LogP contribution in [0, 0.1) is 0 Å². The van der Waals surface area contributed by atoms with Crippen LogP contribution in [-0.2, 0) is 4.79 Å². The molecule has 3 N–H and O–H groups in total. The summed E-state index contributed by atoms with van der Waals surface area (Å²) in [6, 6.07) is 12.7. The Labute approximate surface area is 150 Å². The maximum atomic E-state index is 12.1. The average Bonchev–Trinajstić information content (AvgIpc) is 3.25. The van der Waals surface area contributed by atoms with Gasteiger partial charge < -0.3 is 10.6 Å². The minimum atomic E-state index is -0.403. The normalized spacial score (nSPS) is 10.4. The van der Waals surface area contributed by atoms with Gasteiger partial charge in [0.2, 0.25) is 5.91 Å². The lowest BCUT2D eigenvalue weighted by molar-refractivity contribution is -0.115. The fourth-order valence-corrected chi connectivity index (χ4v) is 2.94. The lowest BCUT2D eigenvalue weighted by atomic mass is 10.3. The topological polar surface area (TPSA) is 86.9 Å². The first-order valence-corrected chi connectivity index (χ1v) is 8.72. The second-order valence-electron chi connectivity index (χ2n) is 4.88. The molecule has 0 aliphatic rings. The number of carbonyl (C=O) groups is 2. The first kappa shape index (κ1) is 16.4. The Morgan fingerprint density at radius 3 is 2.71 bits per heavy atom. The predicted octanol–water partition coefficient (Wildman–Crippen LogP) is 3.27. The highest BCUT2D eigenvalue weighted by atomic mass is 79.9. The third-order valence-electron chi connectivity index (χ3n) is 3.13. The Bertz CT molecular complexity index is 843. The van der Waals surface area contributed by atoms with Gasteiger partial charge in [0.25, 0.3) is 5.91 Å². The molecule has 0 atom stereocenters. The molecule has 6 nitrogen and oxygen atoms in total. The van der Waals surface area contributed by atoms with E-state index in [9.17, 15) is 9.59 Å². The van der Waals surface area contributed by atoms with E-state index < -0.39 is 5.91 Å². The van der Waals surface area contributed by atoms with E-state index in [0.717, 1.165) is 15.0 Å². The standard InChI is InChI=1S/C16H13BrN4O2S/c17-10-3-5-11(6-4-10)19-15(22)9-18-16(23)13-8-12(20-21-13)14-2-1-7-24-14/h1-8H,9H2,(H,18,23)(H,19,22)(H,20,21). The quantitative estimate of drug-likeness (QED) is 0.609. The van der Waals surface area contributed by atoms with Gasteiger partial charge in [-0.2, -0.15) is 5.10 Å². The second kappa shape index (κ2) is 7.41. The molecule has 0 radical (unpaired) electrons. The summed E-state index contributed by atoms with van der Waals surface area (Å²) in [6.45, 7) is -0.129. The van der Waals surface area contributed by atoms with Crippen molar-refractivity contribution in [3.63, 3.8) is 0 Å². The van der Waals surface area contributed by atoms with E-state index in [1.54, 1.807) is 29.5 Å². The van der Waals surface area contributed by atoms with Crippen LogP contribution in [0.15, 0.2) is 52.3 Å². The summed E-state index contributed by atoms with van der Waals surface area (Å²) in [5.41, 5.74) is 1.68. The van der Waals surface area contributed by atoms with Gasteiger partial charge >= 0.3 is 0 Å². The summed E-state index contributed by atoms with van der Waals surface area (Å²) in [5, 5.41) is 14.0. The van der Waals surface area contributed by atoms with Gasteiger partial charge in [-0.05, 0) is 41.8 Å². The van der Waals surface area contributed by atoms with E-state index in [1.165, 1.54) is 0 Å². The van der Waals surface area contributed by atoms with Crippen molar-refractivity contribution in [2.24, 2.45) is 0 Å². The first-order valence-electron chi connectivity index (χ1n) is 7.05. The maximum absolute atomic E-state index is 12.1. The van der Waals surface area contributed by atoms with Gasteiger partial charge in [-0.1, -0.05) is 22.0 Å². The number of H-pyrrole nitrogens is 1. The lowest BCUT2D eigenvalue weighted by Gasteiger charge is -2.06. The van der Waals surface area contributed by atoms with E-state index >= 15 is 0 Å². The molecule has 3 aromatic rings. The summed E-state index contributed by atoms with van der Waals surface area (Å²) < 4.78 is 0.925. The number of aromatic amines is 1. The molecule has 0 aliphatic carbocycles. The number of hydrogen-bond donors (Lipinski definition) is 3. The molecule has 0 fully saturated rings. The third-order valence-corrected chi connectivity index (χ3v) is 4.57. The highest BCUT2D eigenvalue weighted by molar-refractivity contribution is 9.10. The number of halogens is 1. The number of aromatic nitrogens is 2. The van der Waals surface area contributed by atoms with Gasteiger partial charge in [0, 0.05) is 10.2 Å². The number of rotatable bonds is 5. The van der Waals surface area contributed by atoms with Crippen LogP contribution >= 0.6 is 27.3 Å². The predicted molar refractivity (Wildman–Crippen MR) is 97.0 cm³/mol. The summed E-state index contributed by atoms with van der Waals surface area (Å²) in [5.74, 6) is -0.709. The molecule has 1 aromatic carbocycles. The van der Waals surface area contributed by atoms with Crippen molar-refractivity contribution in [2.45, 2.75) is 0 Å². The monoisotopic (exact) mass is 404 g/mol. The largest absolute Gasteiger partial charge is 0.342 e. The lowest BCUT2D eigenvalue weighted by Crippen LogP contribution is -2.33. The van der Waals surface area contributed by atoms with Crippen LogP contribution in [0.3, 0.4) is 0 Å². The molecule has 122 valence electrons. The van der Waals surface area contributed by atoms with Gasteiger partial charge in [-0.3, -0.25) is 14.7 Å². The molecule has 2 aromatic heterocycles. The molecule has 0 bridgehead atoms. The number of carbonyl (C=O) groups excluding carboxylic acids is 2. The van der Waals surface area contributed by atoms with Gasteiger partial charge in [0.1, 0.15) is 0 Å². The van der Waals surface area contributed by atoms with Crippen LogP contribution < -0.4 is 10.6 Å². The Morgan fingerprint density at radius 2 is 2.00 bits per heavy atom. The molecule has 8 heteroatoms. The van der Waals surface area contributed by atoms with E-state index in [2.05, 4.69) is 36.8 Å². The van der Waals surface area contributed by atoms with E-state index in [4.69, 9.17) is 0 Å². The van der Waals surface area contributed by atoms with Crippen molar-refractivity contribution >= 4 is 44.8 Å². The van der Waals surface area contributed by atoms with Crippen LogP contribution in [0.5, 0.6) is 0 Å². The Morgan fingerprint density at radius 1 is 1.21 bits per heavy atom. The van der Waals surface area contributed by atoms with Crippen molar-refractivity contribution < 1.29 is 9.59 Å². The molecule has 0 unspecified atom stereocenters. The molecule has 0 saturated heterocycles. The highest BCUT2D eigenvalue weighted by Crippen LogP contribution is 2.22. The van der Waals surface area contributed by atoms with E-state index in [1.807, 2.05) is 29.6 Å². The zero-order valence-corrected chi connectivity index (χ0v) is 14.8. The minimum absolute atomic E-state index is 0.129. The average molecular weight is 405 g/mol. The zero-order chi connectivity index (χ0) is 16.9. The van der Waals surface area contributed by atoms with Gasteiger partial charge in [0.15, 0.2) is 5.69 Å². The van der Waals surface area contributed by atoms with Crippen LogP contribution in [0.25, 0.3) is 10.6 Å². The second-order valence-corrected chi connectivity index (χ2v) is 6.75. The molecule has 3 rings (SSSR count). The van der Waals surface area contributed by atoms with E-state index in [-0.39, 0.29) is 18.1 Å². The zero-order valence-electron chi connectivity index (χ0n) is 12.4. The van der Waals surface area contributed by atoms with Crippen molar-refractivity contribution in [1.29, 1.82) is 0 Å². The fraction of sp³-hybridized carbons (Fsp3) is 0.0625. The van der Waals surface area contributed by atoms with Gasteiger partial charge in [-0.15, -0.1) is 11.3 Å². The first-order chi connectivity index (χ1) is 11.6. The van der Waals surface area contributed by atoms with E-state index in [0.29, 0.717) is 5.69 Å². The van der Waals surface area contributed by atoms with Crippen molar-refractivity contribution in [3.05, 3.63) is 58.0 Å². The number of hydrogen-bond acceptors (Lipinski definition) is 4. The minimum Gasteiger partial charge on any atom is -0.342 e. The van der Waals surface area contributed by atoms with Crippen LogP contribution in [0.2, 0.25) is 0 Å². The molecule has 0 saturated carbocycles. The fourth-order valence-electron chi connectivity index (χ4n) is 1.99. The van der Waals surface area contributed by atoms with Crippen molar-refractivity contribution in [2.75, 3.05) is 11.9 Å². The molecule has 2 heterocycles. The molecule has 0 spiro atoms. The number of amides is 2. The Kier molecular flexibility index (Phi) is 5.07. The molecule has 0 aliphatic heterocycles. The SMILES string of the molecule is O=C(CNC(=O)c1cc(-c2cccs2)[nH]n1)Nc1ccc(Br)cc1. The number of nitrogens with zero attached hydrogens (tertiary/aromatic N) is 1. The molecular formula is C16H13BrN4O2S. The number of thiophene rings is 1. The smallest absolute Gasteiger partial charge is 0.272 e. The van der Waals surface area contributed by atoms with Crippen LogP contribution in [-0.4, -0.2) is 28.6 Å². The summed E-state index contributed by atoms with van der Waals surface area (Å²) >= 11 is 4.88. The van der Waals surface area contributed by atoms with Gasteiger partial charge in [-0.25, -0.2) is 0 Å². The summed E-state index contributed by atoms with van der Waals surface area (Å²) in [4.78, 5) is 24.9. The van der Waals surface area contributed by atoms with Gasteiger partial charge in [0.05, 0.1) is 17.1 Å². The Hall–Kier alpha value is -2.45. The molecule has 24 heavy (non-hydrogen) atoms. The van der Waals surface area contributed by atoms with Crippen molar-refractivity contribution in [1.82, 2.24) is 15.5 Å². The molecular weight excluding hydrogens is 392 g/mol. The third kappa shape index (κ3) is 4.09. The maximum Gasteiger partial charge on any atom is 0.272 e. The summed E-state index contributed by atoms with van der Waals surface area (Å²) in [7, 11) is 0. The Balaban J connectivity index is 1.53. The number of anilines is 1. The van der Waals surface area contributed by atoms with Crippen LogP contribution in [0.1, 0.15) is 10.5 Å². The molecule has 2 amide bonds.